The van der Waals surface area contributed by atoms with Crippen LogP contribution in [0.4, 0.5) is 0 Å². The van der Waals surface area contributed by atoms with Crippen molar-refractivity contribution in [3.63, 3.8) is 0 Å². The van der Waals surface area contributed by atoms with E-state index in [-0.39, 0.29) is 6.42 Å². The van der Waals surface area contributed by atoms with E-state index in [1.165, 1.54) is 0 Å². The number of carboxylic acids is 1. The van der Waals surface area contributed by atoms with Crippen molar-refractivity contribution in [1.29, 1.82) is 0 Å². The van der Waals surface area contributed by atoms with E-state index in [9.17, 15) is 14.7 Å². The number of rotatable bonds is 8. The molecule has 6 heteroatoms. The first-order chi connectivity index (χ1) is 12.9. The van der Waals surface area contributed by atoms with Crippen molar-refractivity contribution in [3.8, 4) is 0 Å². The van der Waals surface area contributed by atoms with E-state index in [4.69, 9.17) is 5.73 Å². The van der Waals surface area contributed by atoms with Crippen molar-refractivity contribution in [3.05, 3.63) is 71.8 Å². The molecule has 0 aliphatic carbocycles. The van der Waals surface area contributed by atoms with Gasteiger partial charge in [-0.15, -0.1) is 0 Å². The van der Waals surface area contributed by atoms with Crippen LogP contribution in [0.25, 0.3) is 0 Å². The van der Waals surface area contributed by atoms with Gasteiger partial charge in [0.2, 0.25) is 0 Å². The fourth-order valence-electron chi connectivity index (χ4n) is 2.22. The molecule has 0 aromatic heterocycles. The minimum atomic E-state index is -1.06. The lowest BCUT2D eigenvalue weighted by molar-refractivity contribution is -0.139. The standard InChI is InChI=1S/C16H14NO3.C5H14N2/c18-15(13-9-5-2-6-10-13)17-14(16(19)20)11-12-7-3-1-4-8-12;1-7(2)5-3-4-6/h1-7,9-10,14H,11H2,(H,17,18)(H,19,20);3-6H2,1-2H3. The van der Waals surface area contributed by atoms with Crippen molar-refractivity contribution in [2.75, 3.05) is 27.2 Å². The molecule has 6 nitrogen and oxygen atoms in total. The Balaban J connectivity index is 0.000000445. The lowest BCUT2D eigenvalue weighted by Crippen LogP contribution is -2.42. The molecular weight excluding hydrogens is 342 g/mol. The van der Waals surface area contributed by atoms with Crippen LogP contribution < -0.4 is 11.1 Å². The van der Waals surface area contributed by atoms with Crippen LogP contribution in [0, 0.1) is 6.07 Å². The third-order valence-electron chi connectivity index (χ3n) is 3.65. The molecular formula is C21H28N3O3. The Kier molecular flexibility index (Phi) is 10.4. The predicted molar refractivity (Wildman–Crippen MR) is 107 cm³/mol. The lowest BCUT2D eigenvalue weighted by Gasteiger charge is -2.14. The van der Waals surface area contributed by atoms with E-state index in [1.54, 1.807) is 42.5 Å². The van der Waals surface area contributed by atoms with Crippen LogP contribution >= 0.6 is 0 Å². The van der Waals surface area contributed by atoms with Gasteiger partial charge in [0.15, 0.2) is 0 Å². The van der Waals surface area contributed by atoms with Gasteiger partial charge in [0.1, 0.15) is 6.04 Å². The minimum absolute atomic E-state index is 0.203. The highest BCUT2D eigenvalue weighted by Crippen LogP contribution is 2.05. The monoisotopic (exact) mass is 370 g/mol. The zero-order chi connectivity index (χ0) is 20.1. The van der Waals surface area contributed by atoms with Gasteiger partial charge in [0.05, 0.1) is 0 Å². The van der Waals surface area contributed by atoms with Crippen LogP contribution in [-0.4, -0.2) is 55.1 Å². The van der Waals surface area contributed by atoms with Crippen LogP contribution in [0.2, 0.25) is 0 Å². The SMILES string of the molecule is CN(C)CCCN.O=C(NC(Cc1[c]cccc1)C(=O)O)c1ccccc1. The van der Waals surface area contributed by atoms with Gasteiger partial charge < -0.3 is 21.1 Å². The van der Waals surface area contributed by atoms with Crippen molar-refractivity contribution in [2.45, 2.75) is 18.9 Å². The number of aliphatic carboxylic acids is 1. The number of benzene rings is 2. The maximum absolute atomic E-state index is 12.0. The van der Waals surface area contributed by atoms with Crippen molar-refractivity contribution >= 4 is 11.9 Å². The van der Waals surface area contributed by atoms with E-state index in [2.05, 4.69) is 30.4 Å². The van der Waals surface area contributed by atoms with Crippen LogP contribution in [-0.2, 0) is 11.2 Å². The number of nitrogens with zero attached hydrogens (tertiary/aromatic N) is 1. The molecule has 2 aromatic carbocycles. The van der Waals surface area contributed by atoms with Crippen LogP contribution in [0.15, 0.2) is 54.6 Å². The van der Waals surface area contributed by atoms with E-state index in [0.717, 1.165) is 25.1 Å². The number of carbonyl (C=O) groups excluding carboxylic acids is 1. The molecule has 0 heterocycles. The summed E-state index contributed by atoms with van der Waals surface area (Å²) in [5.41, 5.74) is 6.43. The zero-order valence-corrected chi connectivity index (χ0v) is 15.9. The van der Waals surface area contributed by atoms with Crippen molar-refractivity contribution in [2.24, 2.45) is 5.73 Å². The molecule has 1 amide bonds. The first-order valence-corrected chi connectivity index (χ1v) is 8.83. The number of nitrogens with one attached hydrogen (secondary N) is 1. The molecule has 2 aromatic rings. The number of carboxylic acid groups (broad SMARTS) is 1. The highest BCUT2D eigenvalue weighted by Gasteiger charge is 2.20. The molecule has 27 heavy (non-hydrogen) atoms. The molecule has 145 valence electrons. The smallest absolute Gasteiger partial charge is 0.326 e. The highest BCUT2D eigenvalue weighted by molar-refractivity contribution is 5.96. The fraction of sp³-hybridized carbons (Fsp3) is 0.333. The normalized spacial score (nSPS) is 11.3. The van der Waals surface area contributed by atoms with Crippen molar-refractivity contribution in [1.82, 2.24) is 10.2 Å². The molecule has 0 aliphatic rings. The molecule has 0 aliphatic heterocycles. The molecule has 1 atom stereocenters. The van der Waals surface area contributed by atoms with E-state index < -0.39 is 17.9 Å². The Labute approximate surface area is 161 Å². The summed E-state index contributed by atoms with van der Waals surface area (Å²) in [5, 5.41) is 11.7. The minimum Gasteiger partial charge on any atom is -0.480 e. The van der Waals surface area contributed by atoms with Gasteiger partial charge in [-0.1, -0.05) is 42.5 Å². The Morgan fingerprint density at radius 2 is 1.81 bits per heavy atom. The third-order valence-corrected chi connectivity index (χ3v) is 3.65. The Bertz CT molecular complexity index is 676. The van der Waals surface area contributed by atoms with E-state index in [0.29, 0.717) is 5.56 Å². The predicted octanol–water partition coefficient (Wildman–Crippen LogP) is 1.81. The number of nitrogens with two attached hydrogens (primary N) is 1. The molecule has 4 N–H and O–H groups in total. The average molecular weight is 370 g/mol. The zero-order valence-electron chi connectivity index (χ0n) is 15.9. The lowest BCUT2D eigenvalue weighted by atomic mass is 10.1. The van der Waals surface area contributed by atoms with Crippen LogP contribution in [0.1, 0.15) is 22.3 Å². The Morgan fingerprint density at radius 1 is 1.15 bits per heavy atom. The topological polar surface area (TPSA) is 95.7 Å². The van der Waals surface area contributed by atoms with Gasteiger partial charge in [-0.25, -0.2) is 4.79 Å². The van der Waals surface area contributed by atoms with Gasteiger partial charge in [-0.2, -0.15) is 0 Å². The summed E-state index contributed by atoms with van der Waals surface area (Å²) in [7, 11) is 4.10. The molecule has 0 spiro atoms. The first-order valence-electron chi connectivity index (χ1n) is 8.83. The Morgan fingerprint density at radius 3 is 2.30 bits per heavy atom. The summed E-state index contributed by atoms with van der Waals surface area (Å²) in [5.74, 6) is -1.46. The summed E-state index contributed by atoms with van der Waals surface area (Å²) in [4.78, 5) is 25.3. The maximum atomic E-state index is 12.0. The average Bonchev–Trinajstić information content (AvgIpc) is 2.67. The first kappa shape index (κ1) is 22.3. The number of amides is 1. The summed E-state index contributed by atoms with van der Waals surface area (Å²) < 4.78 is 0. The fourth-order valence-corrected chi connectivity index (χ4v) is 2.22. The highest BCUT2D eigenvalue weighted by atomic mass is 16.4. The third kappa shape index (κ3) is 9.53. The van der Waals surface area contributed by atoms with Gasteiger partial charge in [0, 0.05) is 12.0 Å². The van der Waals surface area contributed by atoms with Crippen LogP contribution in [0.5, 0.6) is 0 Å². The second-order valence-electron chi connectivity index (χ2n) is 6.27. The summed E-state index contributed by atoms with van der Waals surface area (Å²) in [6.07, 6.45) is 1.31. The van der Waals surface area contributed by atoms with Crippen LogP contribution in [0.3, 0.4) is 0 Å². The second-order valence-corrected chi connectivity index (χ2v) is 6.27. The van der Waals surface area contributed by atoms with Gasteiger partial charge in [-0.3, -0.25) is 4.79 Å². The largest absolute Gasteiger partial charge is 0.480 e. The number of hydrogen-bond acceptors (Lipinski definition) is 4. The molecule has 2 rings (SSSR count). The molecule has 1 unspecified atom stereocenters. The number of carbonyl (C=O) groups is 2. The number of hydrogen-bond donors (Lipinski definition) is 3. The molecule has 0 fully saturated rings. The van der Waals surface area contributed by atoms with Crippen molar-refractivity contribution < 1.29 is 14.7 Å². The van der Waals surface area contributed by atoms with Gasteiger partial charge in [-0.05, 0) is 57.4 Å². The van der Waals surface area contributed by atoms with Gasteiger partial charge in [0.25, 0.3) is 5.91 Å². The summed E-state index contributed by atoms with van der Waals surface area (Å²) in [6.45, 7) is 1.91. The summed E-state index contributed by atoms with van der Waals surface area (Å²) in [6, 6.07) is 17.6. The van der Waals surface area contributed by atoms with E-state index in [1.807, 2.05) is 12.1 Å². The maximum Gasteiger partial charge on any atom is 0.326 e. The molecule has 0 saturated heterocycles. The molecule has 0 saturated carbocycles. The Hall–Kier alpha value is -2.70. The quantitative estimate of drug-likeness (QED) is 0.659. The second kappa shape index (κ2) is 12.6. The summed E-state index contributed by atoms with van der Waals surface area (Å²) >= 11 is 0. The van der Waals surface area contributed by atoms with E-state index >= 15 is 0 Å². The molecule has 1 radical (unpaired) electrons. The molecule has 0 bridgehead atoms. The van der Waals surface area contributed by atoms with Gasteiger partial charge >= 0.3 is 5.97 Å².